The van der Waals surface area contributed by atoms with Crippen molar-refractivity contribution in [3.8, 4) is 0 Å². The van der Waals surface area contributed by atoms with Crippen molar-refractivity contribution in [3.05, 3.63) is 47.3 Å². The molecule has 2 N–H and O–H groups in total. The molecule has 19 heavy (non-hydrogen) atoms. The molecule has 100 valence electrons. The van der Waals surface area contributed by atoms with Crippen molar-refractivity contribution < 1.29 is 4.79 Å². The molecular formula is C14H18N4O. The highest BCUT2D eigenvalue weighted by Gasteiger charge is 2.12. The third-order valence-electron chi connectivity index (χ3n) is 2.83. The Hall–Kier alpha value is -2.14. The number of carbonyl (C=O) groups excluding carboxylic acids is 1. The van der Waals surface area contributed by atoms with Gasteiger partial charge in [-0.1, -0.05) is 18.2 Å². The summed E-state index contributed by atoms with van der Waals surface area (Å²) in [4.78, 5) is 14.2. The van der Waals surface area contributed by atoms with E-state index in [9.17, 15) is 4.79 Å². The van der Waals surface area contributed by atoms with Gasteiger partial charge in [0.05, 0.1) is 11.8 Å². The SMILES string of the molecule is Cc1[nH]ncc1C(=O)Nc1ccccc1CN(C)C. The fourth-order valence-electron chi connectivity index (χ4n) is 1.89. The van der Waals surface area contributed by atoms with Gasteiger partial charge >= 0.3 is 0 Å². The van der Waals surface area contributed by atoms with Gasteiger partial charge < -0.3 is 10.2 Å². The molecule has 0 spiro atoms. The molecule has 0 saturated carbocycles. The average molecular weight is 258 g/mol. The maximum Gasteiger partial charge on any atom is 0.259 e. The second-order valence-corrected chi connectivity index (χ2v) is 4.76. The van der Waals surface area contributed by atoms with E-state index in [1.807, 2.05) is 45.3 Å². The number of rotatable bonds is 4. The van der Waals surface area contributed by atoms with Crippen LogP contribution in [0.1, 0.15) is 21.6 Å². The third-order valence-corrected chi connectivity index (χ3v) is 2.83. The molecule has 0 aliphatic carbocycles. The fourth-order valence-corrected chi connectivity index (χ4v) is 1.89. The predicted octanol–water partition coefficient (Wildman–Crippen LogP) is 2.03. The highest BCUT2D eigenvalue weighted by atomic mass is 16.1. The second kappa shape index (κ2) is 5.67. The molecule has 1 aromatic carbocycles. The number of anilines is 1. The van der Waals surface area contributed by atoms with Crippen LogP contribution >= 0.6 is 0 Å². The first-order valence-corrected chi connectivity index (χ1v) is 6.12. The van der Waals surface area contributed by atoms with Crippen LogP contribution < -0.4 is 5.32 Å². The molecule has 0 radical (unpaired) electrons. The van der Waals surface area contributed by atoms with Gasteiger partial charge in [0.1, 0.15) is 0 Å². The topological polar surface area (TPSA) is 61.0 Å². The molecule has 5 nitrogen and oxygen atoms in total. The van der Waals surface area contributed by atoms with Gasteiger partial charge in [0.2, 0.25) is 0 Å². The number of aromatic nitrogens is 2. The second-order valence-electron chi connectivity index (χ2n) is 4.76. The monoisotopic (exact) mass is 258 g/mol. The Bertz CT molecular complexity index is 574. The number of benzene rings is 1. The number of nitrogens with one attached hydrogen (secondary N) is 2. The van der Waals surface area contributed by atoms with E-state index in [-0.39, 0.29) is 5.91 Å². The lowest BCUT2D eigenvalue weighted by Crippen LogP contribution is -2.16. The number of aryl methyl sites for hydroxylation is 1. The van der Waals surface area contributed by atoms with Gasteiger partial charge in [0.25, 0.3) is 5.91 Å². The predicted molar refractivity (Wildman–Crippen MR) is 75.1 cm³/mol. The summed E-state index contributed by atoms with van der Waals surface area (Å²) in [5.41, 5.74) is 3.26. The van der Waals surface area contributed by atoms with Crippen LogP contribution in [0.15, 0.2) is 30.5 Å². The lowest BCUT2D eigenvalue weighted by Gasteiger charge is -2.14. The normalized spacial score (nSPS) is 10.7. The summed E-state index contributed by atoms with van der Waals surface area (Å²) < 4.78 is 0. The highest BCUT2D eigenvalue weighted by Crippen LogP contribution is 2.17. The van der Waals surface area contributed by atoms with E-state index >= 15 is 0 Å². The molecule has 0 fully saturated rings. The summed E-state index contributed by atoms with van der Waals surface area (Å²) in [6, 6.07) is 7.80. The Morgan fingerprint density at radius 1 is 1.37 bits per heavy atom. The number of carbonyl (C=O) groups is 1. The lowest BCUT2D eigenvalue weighted by molar-refractivity contribution is 0.102. The summed E-state index contributed by atoms with van der Waals surface area (Å²) in [6.07, 6.45) is 1.54. The number of para-hydroxylation sites is 1. The van der Waals surface area contributed by atoms with E-state index < -0.39 is 0 Å². The molecule has 0 atom stereocenters. The Morgan fingerprint density at radius 2 is 2.11 bits per heavy atom. The molecule has 1 heterocycles. The van der Waals surface area contributed by atoms with E-state index in [1.165, 1.54) is 0 Å². The summed E-state index contributed by atoms with van der Waals surface area (Å²) in [5, 5.41) is 9.56. The van der Waals surface area contributed by atoms with E-state index in [0.29, 0.717) is 5.56 Å². The third kappa shape index (κ3) is 3.20. The Labute approximate surface area is 112 Å². The van der Waals surface area contributed by atoms with E-state index in [2.05, 4.69) is 20.4 Å². The summed E-state index contributed by atoms with van der Waals surface area (Å²) in [7, 11) is 4.00. The standard InChI is InChI=1S/C14H18N4O/c1-10-12(8-15-17-10)14(19)16-13-7-5-4-6-11(13)9-18(2)3/h4-8H,9H2,1-3H3,(H,15,17)(H,16,19). The number of nitrogens with zero attached hydrogens (tertiary/aromatic N) is 2. The van der Waals surface area contributed by atoms with Gasteiger partial charge in [-0.2, -0.15) is 5.10 Å². The Kier molecular flexibility index (Phi) is 3.97. The Morgan fingerprint density at radius 3 is 2.74 bits per heavy atom. The number of H-pyrrole nitrogens is 1. The largest absolute Gasteiger partial charge is 0.322 e. The minimum absolute atomic E-state index is 0.141. The van der Waals surface area contributed by atoms with Crippen LogP contribution in [0.2, 0.25) is 0 Å². The van der Waals surface area contributed by atoms with Crippen LogP contribution in [-0.2, 0) is 6.54 Å². The van der Waals surface area contributed by atoms with Gasteiger partial charge in [0.15, 0.2) is 0 Å². The van der Waals surface area contributed by atoms with Crippen molar-refractivity contribution in [1.29, 1.82) is 0 Å². The van der Waals surface area contributed by atoms with Gasteiger partial charge in [-0.3, -0.25) is 9.89 Å². The average Bonchev–Trinajstić information content (AvgIpc) is 2.77. The number of hydrogen-bond acceptors (Lipinski definition) is 3. The molecule has 2 aromatic rings. The quantitative estimate of drug-likeness (QED) is 0.882. The zero-order valence-electron chi connectivity index (χ0n) is 11.4. The van der Waals surface area contributed by atoms with Crippen LogP contribution in [0.3, 0.4) is 0 Å². The van der Waals surface area contributed by atoms with E-state index in [0.717, 1.165) is 23.5 Å². The molecule has 0 saturated heterocycles. The number of amides is 1. The minimum Gasteiger partial charge on any atom is -0.322 e. The summed E-state index contributed by atoms with van der Waals surface area (Å²) >= 11 is 0. The zero-order chi connectivity index (χ0) is 13.8. The van der Waals surface area contributed by atoms with Crippen LogP contribution in [0, 0.1) is 6.92 Å². The molecule has 0 bridgehead atoms. The van der Waals surface area contributed by atoms with Crippen molar-refractivity contribution in [2.75, 3.05) is 19.4 Å². The fraction of sp³-hybridized carbons (Fsp3) is 0.286. The zero-order valence-corrected chi connectivity index (χ0v) is 11.4. The van der Waals surface area contributed by atoms with Crippen molar-refractivity contribution in [2.45, 2.75) is 13.5 Å². The van der Waals surface area contributed by atoms with E-state index in [4.69, 9.17) is 0 Å². The van der Waals surface area contributed by atoms with Crippen LogP contribution in [-0.4, -0.2) is 35.1 Å². The van der Waals surface area contributed by atoms with Crippen molar-refractivity contribution in [3.63, 3.8) is 0 Å². The molecule has 1 aromatic heterocycles. The van der Waals surface area contributed by atoms with Crippen molar-refractivity contribution >= 4 is 11.6 Å². The molecule has 0 unspecified atom stereocenters. The molecule has 2 rings (SSSR count). The first-order valence-electron chi connectivity index (χ1n) is 6.12. The van der Waals surface area contributed by atoms with Crippen LogP contribution in [0.5, 0.6) is 0 Å². The molecule has 0 aliphatic heterocycles. The van der Waals surface area contributed by atoms with E-state index in [1.54, 1.807) is 6.20 Å². The first kappa shape index (κ1) is 13.3. The molecular weight excluding hydrogens is 240 g/mol. The van der Waals surface area contributed by atoms with Crippen molar-refractivity contribution in [2.24, 2.45) is 0 Å². The lowest BCUT2D eigenvalue weighted by atomic mass is 10.1. The smallest absolute Gasteiger partial charge is 0.259 e. The van der Waals surface area contributed by atoms with Crippen molar-refractivity contribution in [1.82, 2.24) is 15.1 Å². The van der Waals surface area contributed by atoms with Gasteiger partial charge in [-0.15, -0.1) is 0 Å². The van der Waals surface area contributed by atoms with Gasteiger partial charge in [-0.05, 0) is 32.6 Å². The van der Waals surface area contributed by atoms with Crippen LogP contribution in [0.4, 0.5) is 5.69 Å². The maximum absolute atomic E-state index is 12.1. The molecule has 0 aliphatic rings. The Balaban J connectivity index is 2.19. The van der Waals surface area contributed by atoms with Gasteiger partial charge in [0, 0.05) is 17.9 Å². The minimum atomic E-state index is -0.141. The molecule has 5 heteroatoms. The maximum atomic E-state index is 12.1. The van der Waals surface area contributed by atoms with Crippen LogP contribution in [0.25, 0.3) is 0 Å². The first-order chi connectivity index (χ1) is 9.08. The highest BCUT2D eigenvalue weighted by molar-refractivity contribution is 6.05. The molecule has 1 amide bonds. The summed E-state index contributed by atoms with van der Waals surface area (Å²) in [6.45, 7) is 2.61. The number of aromatic amines is 1. The summed E-state index contributed by atoms with van der Waals surface area (Å²) in [5.74, 6) is -0.141. The van der Waals surface area contributed by atoms with Gasteiger partial charge in [-0.25, -0.2) is 0 Å². The number of hydrogen-bond donors (Lipinski definition) is 2.